The first kappa shape index (κ1) is 15.0. The lowest BCUT2D eigenvalue weighted by atomic mass is 10.2. The van der Waals surface area contributed by atoms with E-state index in [0.29, 0.717) is 0 Å². The average molecular weight is 290 g/mol. The number of rotatable bonds is 6. The minimum Gasteiger partial charge on any atom is -0.350 e. The Kier molecular flexibility index (Phi) is 5.52. The SMILES string of the molecule is COC(OC)c1ccnc(CSc2ccc(C)cc2)n1. The number of hydrogen-bond donors (Lipinski definition) is 0. The van der Waals surface area contributed by atoms with Crippen LogP contribution >= 0.6 is 11.8 Å². The minimum atomic E-state index is -0.443. The van der Waals surface area contributed by atoms with E-state index in [2.05, 4.69) is 41.2 Å². The molecule has 1 aromatic heterocycles. The third-order valence-electron chi connectivity index (χ3n) is 2.79. The summed E-state index contributed by atoms with van der Waals surface area (Å²) < 4.78 is 10.4. The Hall–Kier alpha value is -1.43. The highest BCUT2D eigenvalue weighted by Crippen LogP contribution is 2.22. The summed E-state index contributed by atoms with van der Waals surface area (Å²) in [5.74, 6) is 1.49. The van der Waals surface area contributed by atoms with Crippen molar-refractivity contribution in [2.75, 3.05) is 14.2 Å². The van der Waals surface area contributed by atoms with E-state index in [0.717, 1.165) is 17.3 Å². The van der Waals surface area contributed by atoms with Crippen LogP contribution < -0.4 is 0 Å². The molecule has 0 amide bonds. The molecule has 0 atom stereocenters. The van der Waals surface area contributed by atoms with Gasteiger partial charge in [-0.05, 0) is 25.1 Å². The van der Waals surface area contributed by atoms with Crippen molar-refractivity contribution < 1.29 is 9.47 Å². The number of benzene rings is 1. The summed E-state index contributed by atoms with van der Waals surface area (Å²) in [6.07, 6.45) is 1.29. The molecule has 2 rings (SSSR count). The molecule has 0 spiro atoms. The van der Waals surface area contributed by atoms with Crippen LogP contribution in [-0.2, 0) is 15.2 Å². The summed E-state index contributed by atoms with van der Waals surface area (Å²) >= 11 is 1.71. The van der Waals surface area contributed by atoms with Gasteiger partial charge in [-0.1, -0.05) is 17.7 Å². The van der Waals surface area contributed by atoms with E-state index in [4.69, 9.17) is 9.47 Å². The van der Waals surface area contributed by atoms with Gasteiger partial charge >= 0.3 is 0 Å². The molecule has 20 heavy (non-hydrogen) atoms. The molecule has 106 valence electrons. The van der Waals surface area contributed by atoms with Gasteiger partial charge in [0.15, 0.2) is 0 Å². The topological polar surface area (TPSA) is 44.2 Å². The van der Waals surface area contributed by atoms with Crippen LogP contribution in [0.2, 0.25) is 0 Å². The quantitative estimate of drug-likeness (QED) is 0.603. The molecule has 0 saturated heterocycles. The largest absolute Gasteiger partial charge is 0.350 e. The lowest BCUT2D eigenvalue weighted by Gasteiger charge is -2.12. The van der Waals surface area contributed by atoms with Crippen LogP contribution in [0.5, 0.6) is 0 Å². The van der Waals surface area contributed by atoms with Crippen LogP contribution in [0.25, 0.3) is 0 Å². The summed E-state index contributed by atoms with van der Waals surface area (Å²) in [4.78, 5) is 9.95. The van der Waals surface area contributed by atoms with Crippen molar-refractivity contribution in [3.8, 4) is 0 Å². The molecule has 2 aromatic rings. The molecule has 1 heterocycles. The predicted octanol–water partition coefficient (Wildman–Crippen LogP) is 3.37. The van der Waals surface area contributed by atoms with E-state index >= 15 is 0 Å². The molecule has 0 saturated carbocycles. The maximum Gasteiger partial charge on any atom is 0.200 e. The van der Waals surface area contributed by atoms with E-state index < -0.39 is 6.29 Å². The van der Waals surface area contributed by atoms with Gasteiger partial charge < -0.3 is 9.47 Å². The first-order valence-corrected chi connectivity index (χ1v) is 7.28. The van der Waals surface area contributed by atoms with Crippen molar-refractivity contribution in [2.24, 2.45) is 0 Å². The lowest BCUT2D eigenvalue weighted by Crippen LogP contribution is -2.08. The van der Waals surface area contributed by atoms with E-state index in [1.165, 1.54) is 10.5 Å². The number of ether oxygens (including phenoxy) is 2. The highest BCUT2D eigenvalue weighted by atomic mass is 32.2. The molecule has 0 unspecified atom stereocenters. The fraction of sp³-hybridized carbons (Fsp3) is 0.333. The molecule has 1 aromatic carbocycles. The molecule has 0 aliphatic rings. The van der Waals surface area contributed by atoms with Crippen LogP contribution in [0.1, 0.15) is 23.4 Å². The second-order valence-electron chi connectivity index (χ2n) is 4.30. The maximum atomic E-state index is 5.20. The van der Waals surface area contributed by atoms with E-state index in [1.54, 1.807) is 38.2 Å². The van der Waals surface area contributed by atoms with Crippen molar-refractivity contribution in [2.45, 2.75) is 23.9 Å². The summed E-state index contributed by atoms with van der Waals surface area (Å²) in [5.41, 5.74) is 2.00. The number of aromatic nitrogens is 2. The molecule has 5 heteroatoms. The highest BCUT2D eigenvalue weighted by Gasteiger charge is 2.11. The number of nitrogens with zero attached hydrogens (tertiary/aromatic N) is 2. The highest BCUT2D eigenvalue weighted by molar-refractivity contribution is 7.98. The fourth-order valence-electron chi connectivity index (χ4n) is 1.74. The molecule has 0 aliphatic carbocycles. The van der Waals surface area contributed by atoms with Gasteiger partial charge in [-0.2, -0.15) is 0 Å². The van der Waals surface area contributed by atoms with Crippen molar-refractivity contribution in [3.05, 3.63) is 53.6 Å². The second-order valence-corrected chi connectivity index (χ2v) is 5.35. The smallest absolute Gasteiger partial charge is 0.200 e. The van der Waals surface area contributed by atoms with Gasteiger partial charge in [-0.15, -0.1) is 11.8 Å². The zero-order valence-corrected chi connectivity index (χ0v) is 12.7. The van der Waals surface area contributed by atoms with Gasteiger partial charge in [0.2, 0.25) is 6.29 Å². The Morgan fingerprint density at radius 2 is 1.80 bits per heavy atom. The first-order chi connectivity index (χ1) is 9.72. The fourth-order valence-corrected chi connectivity index (χ4v) is 2.50. The molecular formula is C15H18N2O2S. The Balaban J connectivity index is 2.02. The standard InChI is InChI=1S/C15H18N2O2S/c1-11-4-6-12(7-5-11)20-10-14-16-9-8-13(17-14)15(18-2)19-3/h4-9,15H,10H2,1-3H3. The van der Waals surface area contributed by atoms with Crippen LogP contribution in [0.15, 0.2) is 41.4 Å². The second kappa shape index (κ2) is 7.38. The van der Waals surface area contributed by atoms with E-state index in [-0.39, 0.29) is 0 Å². The Morgan fingerprint density at radius 3 is 2.45 bits per heavy atom. The monoisotopic (exact) mass is 290 g/mol. The zero-order chi connectivity index (χ0) is 14.4. The van der Waals surface area contributed by atoms with Gasteiger partial charge in [0.25, 0.3) is 0 Å². The van der Waals surface area contributed by atoms with Gasteiger partial charge in [0.05, 0.1) is 11.4 Å². The molecule has 0 aliphatic heterocycles. The number of thioether (sulfide) groups is 1. The zero-order valence-electron chi connectivity index (χ0n) is 11.9. The maximum absolute atomic E-state index is 5.20. The average Bonchev–Trinajstić information content (AvgIpc) is 2.48. The number of hydrogen-bond acceptors (Lipinski definition) is 5. The van der Waals surface area contributed by atoms with Crippen LogP contribution in [0, 0.1) is 6.92 Å². The van der Waals surface area contributed by atoms with Gasteiger partial charge in [-0.3, -0.25) is 0 Å². The first-order valence-electron chi connectivity index (χ1n) is 6.30. The van der Waals surface area contributed by atoms with Crippen molar-refractivity contribution in [1.29, 1.82) is 0 Å². The van der Waals surface area contributed by atoms with Gasteiger partial charge in [0, 0.05) is 25.3 Å². The van der Waals surface area contributed by atoms with Crippen LogP contribution in [0.4, 0.5) is 0 Å². The third kappa shape index (κ3) is 4.03. The number of methoxy groups -OCH3 is 2. The third-order valence-corrected chi connectivity index (χ3v) is 3.79. The molecular weight excluding hydrogens is 272 g/mol. The van der Waals surface area contributed by atoms with E-state index in [9.17, 15) is 0 Å². The van der Waals surface area contributed by atoms with E-state index in [1.807, 2.05) is 0 Å². The molecule has 0 bridgehead atoms. The predicted molar refractivity (Wildman–Crippen MR) is 79.5 cm³/mol. The Bertz CT molecular complexity index is 542. The summed E-state index contributed by atoms with van der Waals surface area (Å²) in [5, 5.41) is 0. The summed E-state index contributed by atoms with van der Waals surface area (Å²) in [6.45, 7) is 2.08. The summed E-state index contributed by atoms with van der Waals surface area (Å²) in [6, 6.07) is 10.2. The molecule has 4 nitrogen and oxygen atoms in total. The van der Waals surface area contributed by atoms with Crippen molar-refractivity contribution >= 4 is 11.8 Å². The lowest BCUT2D eigenvalue weighted by molar-refractivity contribution is -0.108. The molecule has 0 N–H and O–H groups in total. The number of aryl methyl sites for hydroxylation is 1. The van der Waals surface area contributed by atoms with Crippen LogP contribution in [0.3, 0.4) is 0 Å². The molecule has 0 radical (unpaired) electrons. The Morgan fingerprint density at radius 1 is 1.10 bits per heavy atom. The van der Waals surface area contributed by atoms with Crippen molar-refractivity contribution in [3.63, 3.8) is 0 Å². The van der Waals surface area contributed by atoms with Crippen LogP contribution in [-0.4, -0.2) is 24.2 Å². The van der Waals surface area contributed by atoms with Gasteiger partial charge in [-0.25, -0.2) is 9.97 Å². The van der Waals surface area contributed by atoms with Gasteiger partial charge in [0.1, 0.15) is 5.82 Å². The minimum absolute atomic E-state index is 0.443. The van der Waals surface area contributed by atoms with Crippen molar-refractivity contribution in [1.82, 2.24) is 9.97 Å². The normalized spacial score (nSPS) is 11.0. The summed E-state index contributed by atoms with van der Waals surface area (Å²) in [7, 11) is 3.19. The molecule has 0 fully saturated rings. The Labute approximate surface area is 123 Å².